The third kappa shape index (κ3) is 3.43. The van der Waals surface area contributed by atoms with Crippen LogP contribution >= 0.6 is 11.6 Å². The zero-order valence-electron chi connectivity index (χ0n) is 12.6. The van der Waals surface area contributed by atoms with Crippen LogP contribution in [-0.4, -0.2) is 21.0 Å². The first-order valence-corrected chi connectivity index (χ1v) is 7.46. The Kier molecular flexibility index (Phi) is 4.36. The van der Waals surface area contributed by atoms with Gasteiger partial charge in [-0.3, -0.25) is 29.9 Å². The maximum atomic E-state index is 12.4. The molecule has 0 unspecified atom stereocenters. The highest BCUT2D eigenvalue weighted by molar-refractivity contribution is 6.31. The highest BCUT2D eigenvalue weighted by Gasteiger charge is 2.18. The number of H-pyrrole nitrogens is 2. The van der Waals surface area contributed by atoms with E-state index >= 15 is 0 Å². The number of aromatic nitrogens is 2. The lowest BCUT2D eigenvalue weighted by atomic mass is 10.1. The second-order valence-corrected chi connectivity index (χ2v) is 5.54. The van der Waals surface area contributed by atoms with Gasteiger partial charge in [0.15, 0.2) is 0 Å². The van der Waals surface area contributed by atoms with Crippen LogP contribution in [0.25, 0.3) is 11.3 Å². The van der Waals surface area contributed by atoms with Gasteiger partial charge < -0.3 is 5.32 Å². The number of amides is 1. The SMILES string of the molecule is O=C(Nc1c(-c2ccccc2)[nH][nH]c1=O)c1cc(Cl)cc([N+](=O)[O-])c1. The molecule has 0 bridgehead atoms. The normalized spacial score (nSPS) is 10.4. The number of nitrogens with one attached hydrogen (secondary N) is 3. The minimum atomic E-state index is -0.687. The molecule has 0 saturated heterocycles. The molecule has 3 aromatic rings. The fraction of sp³-hybridized carbons (Fsp3) is 0. The zero-order chi connectivity index (χ0) is 18.0. The van der Waals surface area contributed by atoms with Crippen molar-refractivity contribution in [3.8, 4) is 11.3 Å². The summed E-state index contributed by atoms with van der Waals surface area (Å²) < 4.78 is 0. The van der Waals surface area contributed by atoms with Gasteiger partial charge in [-0.25, -0.2) is 0 Å². The second kappa shape index (κ2) is 6.62. The number of carbonyl (C=O) groups is 1. The number of carbonyl (C=O) groups excluding carboxylic acids is 1. The summed E-state index contributed by atoms with van der Waals surface area (Å²) in [5, 5.41) is 18.5. The van der Waals surface area contributed by atoms with E-state index in [1.54, 1.807) is 24.3 Å². The van der Waals surface area contributed by atoms with Gasteiger partial charge in [0.2, 0.25) is 0 Å². The molecule has 1 amide bonds. The molecule has 25 heavy (non-hydrogen) atoms. The smallest absolute Gasteiger partial charge is 0.288 e. The summed E-state index contributed by atoms with van der Waals surface area (Å²) in [5.41, 5.74) is 0.231. The molecule has 1 aromatic heterocycles. The van der Waals surface area contributed by atoms with Crippen molar-refractivity contribution < 1.29 is 9.72 Å². The zero-order valence-corrected chi connectivity index (χ0v) is 13.3. The van der Waals surface area contributed by atoms with Crippen LogP contribution in [0.1, 0.15) is 10.4 Å². The Balaban J connectivity index is 1.96. The summed E-state index contributed by atoms with van der Waals surface area (Å²) in [4.78, 5) is 34.6. The van der Waals surface area contributed by atoms with Crippen LogP contribution in [0.5, 0.6) is 0 Å². The van der Waals surface area contributed by atoms with Gasteiger partial charge in [0.25, 0.3) is 17.2 Å². The molecule has 3 N–H and O–H groups in total. The number of nitrogens with zero attached hydrogens (tertiary/aromatic N) is 1. The Bertz CT molecular complexity index is 1010. The number of benzene rings is 2. The van der Waals surface area contributed by atoms with Crippen LogP contribution in [0.3, 0.4) is 0 Å². The van der Waals surface area contributed by atoms with Crippen molar-refractivity contribution in [1.82, 2.24) is 10.2 Å². The second-order valence-electron chi connectivity index (χ2n) is 5.10. The van der Waals surface area contributed by atoms with E-state index in [1.807, 2.05) is 6.07 Å². The predicted octanol–water partition coefficient (Wildman–Crippen LogP) is 3.18. The average molecular weight is 359 g/mol. The van der Waals surface area contributed by atoms with Crippen LogP contribution in [0.15, 0.2) is 53.3 Å². The van der Waals surface area contributed by atoms with Gasteiger partial charge in [0.05, 0.1) is 10.6 Å². The monoisotopic (exact) mass is 358 g/mol. The van der Waals surface area contributed by atoms with Crippen molar-refractivity contribution in [2.24, 2.45) is 0 Å². The Morgan fingerprint density at radius 2 is 1.84 bits per heavy atom. The molecule has 0 aliphatic heterocycles. The number of aromatic amines is 2. The van der Waals surface area contributed by atoms with Crippen LogP contribution in [0, 0.1) is 10.1 Å². The van der Waals surface area contributed by atoms with Crippen molar-refractivity contribution >= 4 is 28.9 Å². The first-order valence-electron chi connectivity index (χ1n) is 7.08. The minimum absolute atomic E-state index is 0.0128. The fourth-order valence-corrected chi connectivity index (χ4v) is 2.52. The largest absolute Gasteiger partial charge is 0.316 e. The Morgan fingerprint density at radius 3 is 2.52 bits per heavy atom. The maximum absolute atomic E-state index is 12.4. The van der Waals surface area contributed by atoms with Gasteiger partial charge in [0.1, 0.15) is 5.69 Å². The highest BCUT2D eigenvalue weighted by Crippen LogP contribution is 2.24. The molecule has 0 spiro atoms. The Hall–Kier alpha value is -3.39. The van der Waals surface area contributed by atoms with Gasteiger partial charge in [-0.15, -0.1) is 0 Å². The van der Waals surface area contributed by atoms with Crippen molar-refractivity contribution in [3.05, 3.63) is 79.6 Å². The third-order valence-electron chi connectivity index (χ3n) is 3.43. The minimum Gasteiger partial charge on any atom is -0.316 e. The molecule has 9 heteroatoms. The summed E-state index contributed by atoms with van der Waals surface area (Å²) in [6, 6.07) is 12.4. The summed E-state index contributed by atoms with van der Waals surface area (Å²) in [6.45, 7) is 0. The first kappa shape index (κ1) is 16.5. The molecule has 0 aliphatic carbocycles. The summed E-state index contributed by atoms with van der Waals surface area (Å²) in [6.07, 6.45) is 0. The molecule has 2 aromatic carbocycles. The molecular weight excluding hydrogens is 348 g/mol. The van der Waals surface area contributed by atoms with E-state index in [0.29, 0.717) is 11.3 Å². The number of hydrogen-bond donors (Lipinski definition) is 3. The van der Waals surface area contributed by atoms with Gasteiger partial charge >= 0.3 is 0 Å². The lowest BCUT2D eigenvalue weighted by Crippen LogP contribution is -2.17. The van der Waals surface area contributed by atoms with Crippen LogP contribution < -0.4 is 10.9 Å². The summed E-state index contributed by atoms with van der Waals surface area (Å²) in [7, 11) is 0. The van der Waals surface area contributed by atoms with E-state index < -0.39 is 16.4 Å². The molecule has 0 aliphatic rings. The topological polar surface area (TPSA) is 121 Å². The maximum Gasteiger partial charge on any atom is 0.288 e. The van der Waals surface area contributed by atoms with E-state index in [-0.39, 0.29) is 22.0 Å². The molecule has 3 rings (SSSR count). The number of nitro benzene ring substituents is 1. The Morgan fingerprint density at radius 1 is 1.12 bits per heavy atom. The number of non-ortho nitro benzene ring substituents is 1. The van der Waals surface area contributed by atoms with Crippen molar-refractivity contribution in [1.29, 1.82) is 0 Å². The number of rotatable bonds is 4. The molecule has 0 saturated carbocycles. The lowest BCUT2D eigenvalue weighted by Gasteiger charge is -2.06. The van der Waals surface area contributed by atoms with Gasteiger partial charge in [0, 0.05) is 28.3 Å². The number of anilines is 1. The Labute approximate surface area is 145 Å². The van der Waals surface area contributed by atoms with Gasteiger partial charge in [-0.2, -0.15) is 0 Å². The highest BCUT2D eigenvalue weighted by atomic mass is 35.5. The van der Waals surface area contributed by atoms with Crippen molar-refractivity contribution in [3.63, 3.8) is 0 Å². The fourth-order valence-electron chi connectivity index (χ4n) is 2.29. The molecule has 0 radical (unpaired) electrons. The van der Waals surface area contributed by atoms with Crippen LogP contribution in [-0.2, 0) is 0 Å². The van der Waals surface area contributed by atoms with Gasteiger partial charge in [-0.1, -0.05) is 41.9 Å². The average Bonchev–Trinajstić information content (AvgIpc) is 2.96. The van der Waals surface area contributed by atoms with E-state index in [1.165, 1.54) is 6.07 Å². The quantitative estimate of drug-likeness (QED) is 0.489. The van der Waals surface area contributed by atoms with Crippen LogP contribution in [0.2, 0.25) is 5.02 Å². The molecule has 126 valence electrons. The van der Waals surface area contributed by atoms with Crippen LogP contribution in [0.4, 0.5) is 11.4 Å². The summed E-state index contributed by atoms with van der Waals surface area (Å²) >= 11 is 5.82. The van der Waals surface area contributed by atoms with E-state index in [0.717, 1.165) is 12.1 Å². The molecule has 0 fully saturated rings. The van der Waals surface area contributed by atoms with Crippen molar-refractivity contribution in [2.75, 3.05) is 5.32 Å². The lowest BCUT2D eigenvalue weighted by molar-refractivity contribution is -0.384. The van der Waals surface area contributed by atoms with E-state index in [4.69, 9.17) is 11.6 Å². The number of hydrogen-bond acceptors (Lipinski definition) is 4. The molecular formula is C16H11ClN4O4. The standard InChI is InChI=1S/C16H11ClN4O4/c17-11-6-10(7-12(8-11)21(24)25)15(22)18-14-13(19-20-16(14)23)9-4-2-1-3-5-9/h1-8H,(H,18,22)(H2,19,20,23). The molecule has 0 atom stereocenters. The molecule has 1 heterocycles. The van der Waals surface area contributed by atoms with E-state index in [2.05, 4.69) is 15.5 Å². The third-order valence-corrected chi connectivity index (χ3v) is 3.65. The number of halogens is 1. The molecule has 8 nitrogen and oxygen atoms in total. The number of nitro groups is 1. The van der Waals surface area contributed by atoms with Crippen molar-refractivity contribution in [2.45, 2.75) is 0 Å². The van der Waals surface area contributed by atoms with Gasteiger partial charge in [-0.05, 0) is 6.07 Å². The van der Waals surface area contributed by atoms with E-state index in [9.17, 15) is 19.7 Å². The summed E-state index contributed by atoms with van der Waals surface area (Å²) in [5.74, 6) is -0.687. The predicted molar refractivity (Wildman–Crippen MR) is 92.9 cm³/mol. The first-order chi connectivity index (χ1) is 12.0.